The van der Waals surface area contributed by atoms with Gasteiger partial charge in [0.25, 0.3) is 0 Å². The van der Waals surface area contributed by atoms with Gasteiger partial charge >= 0.3 is 6.18 Å². The molecule has 0 amide bonds. The predicted molar refractivity (Wildman–Crippen MR) is 74.7 cm³/mol. The van der Waals surface area contributed by atoms with E-state index in [1.807, 2.05) is 0 Å². The lowest BCUT2D eigenvalue weighted by atomic mass is 9.98. The summed E-state index contributed by atoms with van der Waals surface area (Å²) in [5.41, 5.74) is 2.73. The highest BCUT2D eigenvalue weighted by Crippen LogP contribution is 2.33. The molecule has 2 nitrogen and oxygen atoms in total. The molecule has 0 radical (unpaired) electrons. The summed E-state index contributed by atoms with van der Waals surface area (Å²) in [5, 5.41) is 0. The van der Waals surface area contributed by atoms with E-state index in [2.05, 4.69) is 21.4 Å². The van der Waals surface area contributed by atoms with Crippen molar-refractivity contribution in [2.45, 2.75) is 12.2 Å². The van der Waals surface area contributed by atoms with Crippen LogP contribution < -0.4 is 11.3 Å². The second kappa shape index (κ2) is 6.13. The number of nitrogens with one attached hydrogen (secondary N) is 1. The molecular weight excluding hydrogens is 352 g/mol. The molecule has 2 aromatic rings. The molecule has 112 valence electrons. The summed E-state index contributed by atoms with van der Waals surface area (Å²) in [4.78, 5) is 0. The van der Waals surface area contributed by atoms with E-state index < -0.39 is 23.6 Å². The number of hydrazine groups is 1. The van der Waals surface area contributed by atoms with Crippen LogP contribution in [0, 0.1) is 5.82 Å². The van der Waals surface area contributed by atoms with Crippen molar-refractivity contribution in [3.05, 3.63) is 69.4 Å². The van der Waals surface area contributed by atoms with Crippen LogP contribution in [0.5, 0.6) is 0 Å². The molecule has 0 saturated carbocycles. The molecule has 0 spiro atoms. The lowest BCUT2D eigenvalue weighted by Gasteiger charge is -2.19. The van der Waals surface area contributed by atoms with Crippen LogP contribution in [-0.4, -0.2) is 0 Å². The molecule has 1 atom stereocenters. The third-order valence-corrected chi connectivity index (χ3v) is 3.87. The Bertz CT molecular complexity index is 626. The molecule has 2 rings (SSSR count). The van der Waals surface area contributed by atoms with Gasteiger partial charge in [-0.15, -0.1) is 0 Å². The molecule has 0 aliphatic carbocycles. The smallest absolute Gasteiger partial charge is 0.271 e. The molecule has 0 aromatic heterocycles. The SMILES string of the molecule is NNC(c1ccc(C(F)(F)F)cc1)c1cccc(F)c1Br. The number of hydrogen-bond acceptors (Lipinski definition) is 2. The zero-order valence-electron chi connectivity index (χ0n) is 10.6. The summed E-state index contributed by atoms with van der Waals surface area (Å²) in [6.07, 6.45) is -4.40. The average molecular weight is 363 g/mol. The van der Waals surface area contributed by atoms with Gasteiger partial charge < -0.3 is 0 Å². The number of rotatable bonds is 3. The zero-order valence-corrected chi connectivity index (χ0v) is 12.2. The van der Waals surface area contributed by atoms with Crippen molar-refractivity contribution in [3.63, 3.8) is 0 Å². The van der Waals surface area contributed by atoms with E-state index in [4.69, 9.17) is 5.84 Å². The molecule has 0 heterocycles. The highest BCUT2D eigenvalue weighted by molar-refractivity contribution is 9.10. The maximum Gasteiger partial charge on any atom is 0.416 e. The summed E-state index contributed by atoms with van der Waals surface area (Å²) < 4.78 is 51.4. The standard InChI is InChI=1S/C14H11BrF4N2/c15-12-10(2-1-3-11(12)16)13(21-20)8-4-6-9(7-5-8)14(17,18)19/h1-7,13,21H,20H2. The fraction of sp³-hybridized carbons (Fsp3) is 0.143. The van der Waals surface area contributed by atoms with Crippen molar-refractivity contribution in [2.24, 2.45) is 5.84 Å². The van der Waals surface area contributed by atoms with Crippen LogP contribution in [0.2, 0.25) is 0 Å². The van der Waals surface area contributed by atoms with Crippen molar-refractivity contribution in [3.8, 4) is 0 Å². The highest BCUT2D eigenvalue weighted by atomic mass is 79.9. The van der Waals surface area contributed by atoms with Crippen LogP contribution in [0.15, 0.2) is 46.9 Å². The fourth-order valence-corrected chi connectivity index (χ4v) is 2.47. The van der Waals surface area contributed by atoms with Gasteiger partial charge in [-0.2, -0.15) is 13.2 Å². The Morgan fingerprint density at radius 2 is 1.67 bits per heavy atom. The lowest BCUT2D eigenvalue weighted by molar-refractivity contribution is -0.137. The van der Waals surface area contributed by atoms with Gasteiger partial charge in [0.15, 0.2) is 0 Å². The highest BCUT2D eigenvalue weighted by Gasteiger charge is 2.30. The van der Waals surface area contributed by atoms with Gasteiger partial charge in [0.05, 0.1) is 16.1 Å². The molecule has 2 aromatic carbocycles. The van der Waals surface area contributed by atoms with Crippen molar-refractivity contribution in [1.82, 2.24) is 5.43 Å². The van der Waals surface area contributed by atoms with Crippen LogP contribution in [0.1, 0.15) is 22.7 Å². The van der Waals surface area contributed by atoms with E-state index in [9.17, 15) is 17.6 Å². The Balaban J connectivity index is 2.40. The van der Waals surface area contributed by atoms with Gasteiger partial charge in [0, 0.05) is 0 Å². The van der Waals surface area contributed by atoms with Gasteiger partial charge in [-0.3, -0.25) is 5.84 Å². The quantitative estimate of drug-likeness (QED) is 0.488. The Hall–Kier alpha value is -1.44. The maximum atomic E-state index is 13.5. The number of halogens is 5. The number of benzene rings is 2. The van der Waals surface area contributed by atoms with E-state index in [1.54, 1.807) is 6.07 Å². The van der Waals surface area contributed by atoms with E-state index in [0.717, 1.165) is 12.1 Å². The van der Waals surface area contributed by atoms with E-state index >= 15 is 0 Å². The molecule has 7 heteroatoms. The first-order valence-corrected chi connectivity index (χ1v) is 6.71. The number of nitrogens with two attached hydrogens (primary N) is 1. The van der Waals surface area contributed by atoms with E-state index in [0.29, 0.717) is 11.1 Å². The Morgan fingerprint density at radius 1 is 1.05 bits per heavy atom. The molecule has 3 N–H and O–H groups in total. The largest absolute Gasteiger partial charge is 0.416 e. The molecule has 1 unspecified atom stereocenters. The Morgan fingerprint density at radius 3 is 2.19 bits per heavy atom. The summed E-state index contributed by atoms with van der Waals surface area (Å²) in [6.45, 7) is 0. The minimum absolute atomic E-state index is 0.216. The Kier molecular flexibility index (Phi) is 4.65. The van der Waals surface area contributed by atoms with Crippen molar-refractivity contribution in [2.75, 3.05) is 0 Å². The molecule has 21 heavy (non-hydrogen) atoms. The number of alkyl halides is 3. The topological polar surface area (TPSA) is 38.0 Å². The van der Waals surface area contributed by atoms with Crippen LogP contribution in [-0.2, 0) is 6.18 Å². The predicted octanol–water partition coefficient (Wildman–Crippen LogP) is 4.16. The van der Waals surface area contributed by atoms with Crippen molar-refractivity contribution < 1.29 is 17.6 Å². The van der Waals surface area contributed by atoms with Crippen LogP contribution in [0.25, 0.3) is 0 Å². The maximum absolute atomic E-state index is 13.5. The summed E-state index contributed by atoms with van der Waals surface area (Å²) >= 11 is 3.11. The summed E-state index contributed by atoms with van der Waals surface area (Å²) in [5.74, 6) is 4.99. The lowest BCUT2D eigenvalue weighted by Crippen LogP contribution is -2.29. The molecular formula is C14H11BrF4N2. The van der Waals surface area contributed by atoms with Crippen molar-refractivity contribution in [1.29, 1.82) is 0 Å². The van der Waals surface area contributed by atoms with Gasteiger partial charge in [-0.25, -0.2) is 9.82 Å². The molecule has 0 aliphatic rings. The second-order valence-corrected chi connectivity index (χ2v) is 5.16. The first kappa shape index (κ1) is 15.9. The zero-order chi connectivity index (χ0) is 15.6. The average Bonchev–Trinajstić information content (AvgIpc) is 2.44. The normalized spacial score (nSPS) is 13.2. The van der Waals surface area contributed by atoms with Gasteiger partial charge in [0.2, 0.25) is 0 Å². The third-order valence-electron chi connectivity index (χ3n) is 3.03. The first-order valence-electron chi connectivity index (χ1n) is 5.91. The van der Waals surface area contributed by atoms with E-state index in [-0.39, 0.29) is 4.47 Å². The summed E-state index contributed by atoms with van der Waals surface area (Å²) in [7, 11) is 0. The van der Waals surface area contributed by atoms with Gasteiger partial charge in [-0.1, -0.05) is 24.3 Å². The van der Waals surface area contributed by atoms with Crippen LogP contribution in [0.3, 0.4) is 0 Å². The summed E-state index contributed by atoms with van der Waals surface area (Å²) in [6, 6.07) is 8.33. The van der Waals surface area contributed by atoms with Crippen LogP contribution in [0.4, 0.5) is 17.6 Å². The second-order valence-electron chi connectivity index (χ2n) is 4.36. The fourth-order valence-electron chi connectivity index (χ4n) is 1.97. The molecule has 0 bridgehead atoms. The minimum Gasteiger partial charge on any atom is -0.271 e. The van der Waals surface area contributed by atoms with Gasteiger partial charge in [-0.05, 0) is 45.3 Å². The third kappa shape index (κ3) is 3.42. The molecule has 0 fully saturated rings. The van der Waals surface area contributed by atoms with Crippen LogP contribution >= 0.6 is 15.9 Å². The number of hydrogen-bond donors (Lipinski definition) is 2. The minimum atomic E-state index is -4.40. The first-order chi connectivity index (χ1) is 9.84. The molecule has 0 saturated heterocycles. The monoisotopic (exact) mass is 362 g/mol. The van der Waals surface area contributed by atoms with E-state index in [1.165, 1.54) is 24.3 Å². The Labute approximate surface area is 127 Å². The molecule has 0 aliphatic heterocycles. The van der Waals surface area contributed by atoms with Crippen molar-refractivity contribution >= 4 is 15.9 Å². The van der Waals surface area contributed by atoms with Gasteiger partial charge in [0.1, 0.15) is 5.82 Å².